The number of hydrogen-bond donors (Lipinski definition) is 1. The van der Waals surface area contributed by atoms with Crippen LogP contribution in [0.2, 0.25) is 10.0 Å². The first-order valence-corrected chi connectivity index (χ1v) is 31.3. The van der Waals surface area contributed by atoms with Gasteiger partial charge in [-0.05, 0) is 76.6 Å². The summed E-state index contributed by atoms with van der Waals surface area (Å²) in [7, 11) is -3.24. The van der Waals surface area contributed by atoms with Crippen LogP contribution in [0.4, 0.5) is 11.4 Å². The molecule has 10 rings (SSSR count). The van der Waals surface area contributed by atoms with E-state index in [-0.39, 0.29) is 34.6 Å². The number of piperazine rings is 2. The first-order chi connectivity index (χ1) is 38.0. The van der Waals surface area contributed by atoms with Crippen molar-refractivity contribution >= 4 is 93.8 Å². The number of sulfonamides is 2. The van der Waals surface area contributed by atoms with Gasteiger partial charge >= 0.3 is 11.9 Å². The zero-order valence-corrected chi connectivity index (χ0v) is 49.4. The lowest BCUT2D eigenvalue weighted by Crippen LogP contribution is -2.49. The molecule has 2 aliphatic carbocycles. The van der Waals surface area contributed by atoms with E-state index in [1.807, 2.05) is 64.8 Å². The van der Waals surface area contributed by atoms with Crippen molar-refractivity contribution in [3.05, 3.63) is 83.4 Å². The number of pyridine rings is 2. The van der Waals surface area contributed by atoms with Gasteiger partial charge in [-0.2, -0.15) is 8.61 Å². The Morgan fingerprint density at radius 2 is 1.08 bits per heavy atom. The Labute approximate surface area is 479 Å². The predicted octanol–water partition coefficient (Wildman–Crippen LogP) is 8.71. The standard InChI is InChI=1S/C27H33ClN4O6S.C21H23ClN4O4S.C6H11BrO2/c1-3-37-27(33)5-4-14-38-24-17-25(36-2)22(28)16-21(24)23-18-31-9-8-19(15-26(31)29-23)30-10-12-32(13-11-30)39(34,35)20-6-7-20;1-30-20-12-19(27)16(11-17(20)22)18-13-25-5-4-14(10-21(25)23-18)24-6-8-26(9-7-24)31(28,29)15-2-3-15;1-2-9-6(8)4-3-5-7/h8-9,15-18,20H,3-7,10-14H2,1-2H3;4-5,10-13,15,27H,2-3,6-9H2,1H3;2-5H2,1H3. The van der Waals surface area contributed by atoms with Gasteiger partial charge in [-0.3, -0.25) is 9.59 Å². The summed E-state index contributed by atoms with van der Waals surface area (Å²) in [5, 5.41) is 11.7. The van der Waals surface area contributed by atoms with Gasteiger partial charge in [0.1, 0.15) is 34.3 Å². The Morgan fingerprint density at radius 3 is 1.52 bits per heavy atom. The zero-order valence-electron chi connectivity index (χ0n) is 44.7. The van der Waals surface area contributed by atoms with Crippen LogP contribution in [0.1, 0.15) is 65.2 Å². The molecule has 0 atom stereocenters. The molecule has 6 heterocycles. The summed E-state index contributed by atoms with van der Waals surface area (Å²) in [6, 6.07) is 14.6. The van der Waals surface area contributed by atoms with Gasteiger partial charge < -0.3 is 47.4 Å². The number of fused-ring (bicyclic) bond motifs is 2. The van der Waals surface area contributed by atoms with Crippen molar-refractivity contribution in [2.45, 2.75) is 75.7 Å². The molecule has 79 heavy (non-hydrogen) atoms. The minimum Gasteiger partial charge on any atom is -0.507 e. The number of carbonyl (C=O) groups excluding carboxylic acids is 2. The molecule has 428 valence electrons. The fraction of sp³-hybridized carbons (Fsp3) is 0.481. The number of aromatic nitrogens is 4. The van der Waals surface area contributed by atoms with Crippen molar-refractivity contribution in [2.24, 2.45) is 0 Å². The number of aromatic hydroxyl groups is 1. The third-order valence-corrected chi connectivity index (χ3v) is 19.6. The summed E-state index contributed by atoms with van der Waals surface area (Å²) < 4.78 is 83.4. The number of carbonyl (C=O) groups is 2. The number of phenolic OH excluding ortho intramolecular Hbond substituents is 1. The first kappa shape index (κ1) is 59.6. The predicted molar refractivity (Wildman–Crippen MR) is 309 cm³/mol. The van der Waals surface area contributed by atoms with Crippen molar-refractivity contribution < 1.29 is 55.2 Å². The minimum atomic E-state index is -3.15. The van der Waals surface area contributed by atoms with Crippen LogP contribution in [0.25, 0.3) is 33.8 Å². The van der Waals surface area contributed by atoms with Gasteiger partial charge in [0.25, 0.3) is 0 Å². The Hall–Kier alpha value is -5.56. The van der Waals surface area contributed by atoms with Crippen LogP contribution in [0.5, 0.6) is 23.0 Å². The van der Waals surface area contributed by atoms with Crippen LogP contribution >= 0.6 is 39.1 Å². The molecular formula is C54H67BrCl2N8O12S2. The fourth-order valence-electron chi connectivity index (χ4n) is 9.14. The molecule has 25 heteroatoms. The van der Waals surface area contributed by atoms with Gasteiger partial charge in [-0.1, -0.05) is 39.1 Å². The van der Waals surface area contributed by atoms with Crippen molar-refractivity contribution in [1.29, 1.82) is 0 Å². The van der Waals surface area contributed by atoms with Gasteiger partial charge in [0.15, 0.2) is 0 Å². The van der Waals surface area contributed by atoms with E-state index in [1.54, 1.807) is 40.8 Å². The molecule has 2 aromatic carbocycles. The third kappa shape index (κ3) is 14.9. The number of rotatable bonds is 20. The van der Waals surface area contributed by atoms with E-state index in [1.165, 1.54) is 13.2 Å². The van der Waals surface area contributed by atoms with Gasteiger partial charge in [-0.25, -0.2) is 26.8 Å². The van der Waals surface area contributed by atoms with Crippen molar-refractivity contribution in [3.63, 3.8) is 0 Å². The topological polar surface area (TPSA) is 216 Å². The van der Waals surface area contributed by atoms with Crippen LogP contribution in [0, 0.1) is 0 Å². The number of anilines is 2. The lowest BCUT2D eigenvalue weighted by molar-refractivity contribution is -0.144. The number of benzene rings is 2. The Balaban J connectivity index is 0.000000183. The Morgan fingerprint density at radius 1 is 0.633 bits per heavy atom. The number of esters is 2. The fourth-order valence-corrected chi connectivity index (χ4v) is 13.6. The number of hydrogen-bond acceptors (Lipinski definition) is 16. The summed E-state index contributed by atoms with van der Waals surface area (Å²) in [6.45, 7) is 9.28. The normalized spacial score (nSPS) is 16.2. The van der Waals surface area contributed by atoms with Gasteiger partial charge in [0.05, 0.1) is 66.0 Å². The maximum Gasteiger partial charge on any atom is 0.305 e. The van der Waals surface area contributed by atoms with Crippen LogP contribution in [-0.4, -0.2) is 163 Å². The molecule has 4 aliphatic rings. The van der Waals surface area contributed by atoms with Crippen LogP contribution in [-0.2, 0) is 39.1 Å². The van der Waals surface area contributed by atoms with E-state index >= 15 is 0 Å². The van der Waals surface area contributed by atoms with Gasteiger partial charge in [0, 0.05) is 142 Å². The molecule has 0 spiro atoms. The maximum atomic E-state index is 12.6. The molecule has 0 radical (unpaired) electrons. The van der Waals surface area contributed by atoms with E-state index in [2.05, 4.69) is 35.5 Å². The lowest BCUT2D eigenvalue weighted by Gasteiger charge is -2.35. The number of alkyl halides is 1. The van der Waals surface area contributed by atoms with Gasteiger partial charge in [0.2, 0.25) is 20.0 Å². The lowest BCUT2D eigenvalue weighted by atomic mass is 10.1. The number of phenols is 1. The smallest absolute Gasteiger partial charge is 0.305 e. The number of imidazole rings is 2. The first-order valence-electron chi connectivity index (χ1n) is 26.4. The van der Waals surface area contributed by atoms with Crippen LogP contribution in [0.3, 0.4) is 0 Å². The SMILES string of the molecule is CCOC(=O)CCCBr.CCOC(=O)CCCOc1cc(OC)c(Cl)cc1-c1cn2ccc(N3CCN(S(=O)(=O)C4CC4)CC3)cc2n1.COc1cc(O)c(-c2cn3ccc(N4CCN(S(=O)(=O)C5CC5)CC4)cc3n2)cc1Cl. The monoisotopic (exact) mass is 1230 g/mol. The number of ether oxygens (including phenoxy) is 5. The average Bonchev–Trinajstić information content (AvgIpc) is 4.54. The molecule has 2 saturated carbocycles. The van der Waals surface area contributed by atoms with Gasteiger partial charge in [-0.15, -0.1) is 0 Å². The maximum absolute atomic E-state index is 12.6. The molecule has 4 aromatic heterocycles. The minimum absolute atomic E-state index is 0.0397. The van der Waals surface area contributed by atoms with Crippen molar-refractivity contribution in [3.8, 4) is 45.5 Å². The Bertz CT molecular complexity index is 3320. The van der Waals surface area contributed by atoms with Crippen molar-refractivity contribution in [1.82, 2.24) is 27.4 Å². The molecule has 2 aliphatic heterocycles. The summed E-state index contributed by atoms with van der Waals surface area (Å²) in [5.41, 5.74) is 5.96. The number of halogens is 3. The second-order valence-corrected chi connectivity index (χ2v) is 25.2. The van der Waals surface area contributed by atoms with Crippen LogP contribution in [0.15, 0.2) is 73.3 Å². The molecule has 0 amide bonds. The van der Waals surface area contributed by atoms with Crippen LogP contribution < -0.4 is 24.0 Å². The summed E-state index contributed by atoms with van der Waals surface area (Å²) in [4.78, 5) is 36.1. The highest BCUT2D eigenvalue weighted by Gasteiger charge is 2.42. The molecule has 0 unspecified atom stereocenters. The highest BCUT2D eigenvalue weighted by atomic mass is 79.9. The van der Waals surface area contributed by atoms with E-state index in [0.29, 0.717) is 135 Å². The largest absolute Gasteiger partial charge is 0.507 e. The third-order valence-electron chi connectivity index (χ3n) is 13.7. The second-order valence-electron chi connectivity index (χ2n) is 19.2. The molecule has 6 aromatic rings. The molecular weight excluding hydrogens is 1170 g/mol. The second kappa shape index (κ2) is 26.8. The highest BCUT2D eigenvalue weighted by Crippen LogP contribution is 2.40. The van der Waals surface area contributed by atoms with E-state index in [0.717, 1.165) is 60.1 Å². The molecule has 0 bridgehead atoms. The summed E-state index contributed by atoms with van der Waals surface area (Å²) >= 11 is 15.9. The summed E-state index contributed by atoms with van der Waals surface area (Å²) in [5.74, 6) is 1.12. The van der Waals surface area contributed by atoms with E-state index in [9.17, 15) is 31.5 Å². The molecule has 4 fully saturated rings. The zero-order chi connectivity index (χ0) is 56.4. The molecule has 1 N–H and O–H groups in total. The van der Waals surface area contributed by atoms with E-state index < -0.39 is 20.0 Å². The summed E-state index contributed by atoms with van der Waals surface area (Å²) in [6.07, 6.45) is 12.9. The quantitative estimate of drug-likeness (QED) is 0.0430. The molecule has 2 saturated heterocycles. The number of methoxy groups -OCH3 is 2. The average molecular weight is 1240 g/mol. The van der Waals surface area contributed by atoms with E-state index in [4.69, 9.17) is 47.1 Å². The number of nitrogens with zero attached hydrogens (tertiary/aromatic N) is 8. The Kier molecular flexibility index (Phi) is 20.2. The molecule has 20 nitrogen and oxygen atoms in total. The van der Waals surface area contributed by atoms with Crippen molar-refractivity contribution in [2.75, 3.05) is 102 Å². The highest BCUT2D eigenvalue weighted by molar-refractivity contribution is 9.09.